The predicted molar refractivity (Wildman–Crippen MR) is 105 cm³/mol. The second kappa shape index (κ2) is 35.1. The molecule has 0 rings (SSSR count). The molecule has 4 N–H and O–H groups in total. The van der Waals surface area contributed by atoms with Crippen molar-refractivity contribution in [1.82, 2.24) is 0 Å². The second-order valence-electron chi connectivity index (χ2n) is 5.65. The van der Waals surface area contributed by atoms with Crippen molar-refractivity contribution in [3.05, 3.63) is 0 Å². The fourth-order valence-electron chi connectivity index (χ4n) is 1.77. The number of aliphatic hydroxyl groups excluding tert-OH is 3. The summed E-state index contributed by atoms with van der Waals surface area (Å²) in [6, 6.07) is 3.32. The third kappa shape index (κ3) is 43.5. The summed E-state index contributed by atoms with van der Waals surface area (Å²) in [6.07, 6.45) is 6.09. The molecule has 0 unspecified atom stereocenters. The minimum atomic E-state index is -1.75. The van der Waals surface area contributed by atoms with E-state index >= 15 is 0 Å². The Bertz CT molecular complexity index is 143. The van der Waals surface area contributed by atoms with E-state index in [1.165, 1.54) is 0 Å². The molecule has 0 atom stereocenters. The van der Waals surface area contributed by atoms with Crippen LogP contribution in [0, 0.1) is 0 Å². The van der Waals surface area contributed by atoms with E-state index in [0.29, 0.717) is 19.8 Å². The van der Waals surface area contributed by atoms with Gasteiger partial charge in [0.05, 0.1) is 0 Å². The average molecular weight is 446 g/mol. The summed E-state index contributed by atoms with van der Waals surface area (Å²) in [4.78, 5) is 10.2. The molecule has 0 aliphatic carbocycles. The van der Waals surface area contributed by atoms with Crippen molar-refractivity contribution >= 4 is 8.32 Å². The molecule has 0 spiro atoms. The van der Waals surface area contributed by atoms with Crippen LogP contribution in [0.4, 0.5) is 0 Å². The molecule has 0 bridgehead atoms. The Labute approximate surface area is 172 Å². The molecule has 0 aromatic rings. The molecule has 0 aliphatic heterocycles. The van der Waals surface area contributed by atoms with E-state index in [4.69, 9.17) is 15.3 Å². The minimum absolute atomic E-state index is 0. The Hall–Kier alpha value is 0.940. The van der Waals surface area contributed by atoms with Crippen LogP contribution >= 0.6 is 0 Å². The van der Waals surface area contributed by atoms with Gasteiger partial charge in [-0.3, -0.25) is 0 Å². The van der Waals surface area contributed by atoms with E-state index in [1.54, 1.807) is 0 Å². The first-order valence-corrected chi connectivity index (χ1v) is 12.0. The second-order valence-corrected chi connectivity index (χ2v) is 9.59. The Balaban J connectivity index is -0.0000000772. The number of hydrogen-bond acceptors (Lipinski definition) is 4. The van der Waals surface area contributed by atoms with Gasteiger partial charge >= 0.3 is 0 Å². The first-order chi connectivity index (χ1) is 10.9. The molecular weight excluding hydrogens is 400 g/mol. The monoisotopic (exact) mass is 444 g/mol. The van der Waals surface area contributed by atoms with Crippen molar-refractivity contribution in [1.29, 1.82) is 0 Å². The quantitative estimate of drug-likeness (QED) is 0.398. The molecule has 0 fully saturated rings. The van der Waals surface area contributed by atoms with Crippen LogP contribution in [0.25, 0.3) is 0 Å². The summed E-state index contributed by atoms with van der Waals surface area (Å²) in [6.45, 7) is 13.3. The Morgan fingerprint density at radius 2 is 0.667 bits per heavy atom. The molecule has 0 heterocycles. The fraction of sp³-hybridized carbons (Fsp3) is 1.00. The number of rotatable bonds is 9. The Kier molecular flexibility index (Phi) is 52.6. The number of aliphatic hydroxyl groups is 3. The van der Waals surface area contributed by atoms with Crippen LogP contribution in [0.2, 0.25) is 18.1 Å². The van der Waals surface area contributed by atoms with Crippen LogP contribution in [-0.4, -0.2) is 48.3 Å². The molecule has 4 nitrogen and oxygen atoms in total. The summed E-state index contributed by atoms with van der Waals surface area (Å²) in [5.74, 6) is 0. The Morgan fingerprint density at radius 1 is 0.500 bits per heavy atom. The number of hydrogen-bond donors (Lipinski definition) is 4. The van der Waals surface area contributed by atoms with Crippen molar-refractivity contribution in [3.8, 4) is 0 Å². The van der Waals surface area contributed by atoms with Crippen LogP contribution in [0.3, 0.4) is 0 Å². The summed E-state index contributed by atoms with van der Waals surface area (Å²) in [7, 11) is -1.75. The van der Waals surface area contributed by atoms with Gasteiger partial charge in [0.15, 0.2) is 8.32 Å². The first kappa shape index (κ1) is 35.9. The zero-order valence-electron chi connectivity index (χ0n) is 17.3. The van der Waals surface area contributed by atoms with Crippen molar-refractivity contribution in [2.24, 2.45) is 0 Å². The van der Waals surface area contributed by atoms with Gasteiger partial charge in [-0.1, -0.05) is 60.8 Å². The molecule has 0 radical (unpaired) electrons. The maximum atomic E-state index is 10.2. The topological polar surface area (TPSA) is 80.9 Å². The summed E-state index contributed by atoms with van der Waals surface area (Å²) >= 11 is 0. The third-order valence-corrected chi connectivity index (χ3v) is 7.11. The fourth-order valence-corrected chi connectivity index (χ4v) is 5.31. The standard InChI is InChI=1S/C9H22OSi.3C3H8O.Zr/c1-4-7-11(10,8-5-2)9-6-3;3*1-2-3-4;/h10H,4-9H2,1-3H3;3*4H,2-3H2,1H3;. The van der Waals surface area contributed by atoms with Gasteiger partial charge < -0.3 is 20.1 Å². The average Bonchev–Trinajstić information content (AvgIpc) is 2.56. The van der Waals surface area contributed by atoms with Gasteiger partial charge in [0.2, 0.25) is 0 Å². The van der Waals surface area contributed by atoms with E-state index in [-0.39, 0.29) is 26.2 Å². The normalized spacial score (nSPS) is 9.25. The molecule has 150 valence electrons. The molecule has 6 heteroatoms. The van der Waals surface area contributed by atoms with Crippen molar-refractivity contribution in [2.45, 2.75) is 98.2 Å². The van der Waals surface area contributed by atoms with Crippen LogP contribution in [0.1, 0.15) is 80.1 Å². The first-order valence-electron chi connectivity index (χ1n) is 9.48. The smallest absolute Gasteiger partial charge is 0.188 e. The third-order valence-electron chi connectivity index (χ3n) is 2.82. The SMILES string of the molecule is CCCO.CCCO.CCCO.CCC[Si](O)(CCC)CCC.[Zr]. The van der Waals surface area contributed by atoms with Crippen LogP contribution in [0.15, 0.2) is 0 Å². The molecule has 0 saturated carbocycles. The zero-order valence-corrected chi connectivity index (χ0v) is 20.7. The zero-order chi connectivity index (χ0) is 19.0. The summed E-state index contributed by atoms with van der Waals surface area (Å²) in [5.41, 5.74) is 0. The molecule has 0 aromatic carbocycles. The molecule has 0 saturated heterocycles. The maximum absolute atomic E-state index is 10.2. The van der Waals surface area contributed by atoms with Gasteiger partial charge in [-0.2, -0.15) is 0 Å². The molecule has 0 aromatic heterocycles. The van der Waals surface area contributed by atoms with E-state index in [0.717, 1.165) is 56.7 Å². The predicted octanol–water partition coefficient (Wildman–Crippen LogP) is 4.32. The van der Waals surface area contributed by atoms with Gasteiger partial charge in [-0.25, -0.2) is 0 Å². The molecule has 0 aliphatic rings. The van der Waals surface area contributed by atoms with Gasteiger partial charge in [-0.05, 0) is 37.4 Å². The van der Waals surface area contributed by atoms with Gasteiger partial charge in [0.1, 0.15) is 0 Å². The van der Waals surface area contributed by atoms with Gasteiger partial charge in [-0.15, -0.1) is 0 Å². The maximum Gasteiger partial charge on any atom is 0.188 e. The van der Waals surface area contributed by atoms with Gasteiger partial charge in [0, 0.05) is 46.0 Å². The van der Waals surface area contributed by atoms with E-state index in [9.17, 15) is 4.80 Å². The Morgan fingerprint density at radius 3 is 0.750 bits per heavy atom. The largest absolute Gasteiger partial charge is 0.432 e. The van der Waals surface area contributed by atoms with E-state index < -0.39 is 8.32 Å². The van der Waals surface area contributed by atoms with Crippen molar-refractivity contribution < 1.29 is 46.3 Å². The van der Waals surface area contributed by atoms with Crippen molar-refractivity contribution in [3.63, 3.8) is 0 Å². The van der Waals surface area contributed by atoms with Crippen LogP contribution in [-0.2, 0) is 26.2 Å². The summed E-state index contributed by atoms with van der Waals surface area (Å²) < 4.78 is 0. The van der Waals surface area contributed by atoms with Crippen molar-refractivity contribution in [2.75, 3.05) is 19.8 Å². The van der Waals surface area contributed by atoms with Crippen LogP contribution in [0.5, 0.6) is 0 Å². The van der Waals surface area contributed by atoms with E-state index in [2.05, 4.69) is 20.8 Å². The van der Waals surface area contributed by atoms with Crippen LogP contribution < -0.4 is 0 Å². The minimum Gasteiger partial charge on any atom is -0.432 e. The molecule has 0 amide bonds. The summed E-state index contributed by atoms with van der Waals surface area (Å²) in [5, 5.41) is 23.6. The molecule has 24 heavy (non-hydrogen) atoms. The van der Waals surface area contributed by atoms with E-state index in [1.807, 2.05) is 20.8 Å². The molecular formula is C18H46O4SiZr. The van der Waals surface area contributed by atoms with Gasteiger partial charge in [0.25, 0.3) is 0 Å².